The van der Waals surface area contributed by atoms with E-state index in [0.29, 0.717) is 10.6 Å². The molecule has 0 saturated heterocycles. The van der Waals surface area contributed by atoms with E-state index >= 15 is 0 Å². The first-order valence-corrected chi connectivity index (χ1v) is 7.53. The molecule has 0 fully saturated rings. The minimum absolute atomic E-state index is 0.0453. The summed E-state index contributed by atoms with van der Waals surface area (Å²) >= 11 is 7.89. The minimum Gasteiger partial charge on any atom is -0.497 e. The first-order valence-electron chi connectivity index (χ1n) is 6.17. The molecule has 0 aliphatic rings. The van der Waals surface area contributed by atoms with Crippen LogP contribution in [-0.4, -0.2) is 18.2 Å². The summed E-state index contributed by atoms with van der Waals surface area (Å²) in [5.41, 5.74) is 7.11. The molecule has 21 heavy (non-hydrogen) atoms. The first kappa shape index (κ1) is 15.5. The Balaban J connectivity index is 2.09. The van der Waals surface area contributed by atoms with E-state index in [2.05, 4.69) is 5.16 Å². The van der Waals surface area contributed by atoms with Gasteiger partial charge in [0.05, 0.1) is 7.11 Å². The number of hydrogen-bond acceptors (Lipinski definition) is 4. The highest BCUT2D eigenvalue weighted by molar-refractivity contribution is 7.98. The summed E-state index contributed by atoms with van der Waals surface area (Å²) in [4.78, 5) is 1.10. The summed E-state index contributed by atoms with van der Waals surface area (Å²) in [5, 5.41) is 12.2. The van der Waals surface area contributed by atoms with E-state index in [1.807, 2.05) is 30.3 Å². The van der Waals surface area contributed by atoms with Gasteiger partial charge in [-0.2, -0.15) is 0 Å². The predicted molar refractivity (Wildman–Crippen MR) is 86.5 cm³/mol. The lowest BCUT2D eigenvalue weighted by atomic mass is 10.1. The Hall–Kier alpha value is -1.85. The normalized spacial score (nSPS) is 11.4. The van der Waals surface area contributed by atoms with Crippen LogP contribution in [0.4, 0.5) is 0 Å². The van der Waals surface area contributed by atoms with Crippen molar-refractivity contribution in [3.05, 3.63) is 58.6 Å². The molecule has 3 N–H and O–H groups in total. The maximum Gasteiger partial charge on any atom is 0.170 e. The number of hydrogen-bond donors (Lipinski definition) is 2. The van der Waals surface area contributed by atoms with Gasteiger partial charge in [-0.3, -0.25) is 0 Å². The number of benzene rings is 2. The lowest BCUT2D eigenvalue weighted by Gasteiger charge is -2.07. The second-order valence-electron chi connectivity index (χ2n) is 4.26. The lowest BCUT2D eigenvalue weighted by Crippen LogP contribution is -2.12. The van der Waals surface area contributed by atoms with Gasteiger partial charge in [-0.05, 0) is 29.8 Å². The summed E-state index contributed by atoms with van der Waals surface area (Å²) in [6.07, 6.45) is 0. The molecule has 0 atom stereocenters. The third-order valence-corrected chi connectivity index (χ3v) is 4.29. The molecule has 4 nitrogen and oxygen atoms in total. The van der Waals surface area contributed by atoms with Crippen molar-refractivity contribution in [1.82, 2.24) is 0 Å². The van der Waals surface area contributed by atoms with E-state index in [9.17, 15) is 0 Å². The summed E-state index contributed by atoms with van der Waals surface area (Å²) < 4.78 is 5.19. The molecule has 0 aliphatic heterocycles. The van der Waals surface area contributed by atoms with E-state index in [1.54, 1.807) is 31.0 Å². The van der Waals surface area contributed by atoms with Crippen molar-refractivity contribution in [2.24, 2.45) is 10.9 Å². The zero-order valence-corrected chi connectivity index (χ0v) is 13.0. The molecule has 6 heteroatoms. The average molecular weight is 323 g/mol. The summed E-state index contributed by atoms with van der Waals surface area (Å²) in [5.74, 6) is 1.60. The maximum absolute atomic E-state index is 8.65. The summed E-state index contributed by atoms with van der Waals surface area (Å²) in [7, 11) is 1.65. The third-order valence-electron chi connectivity index (χ3n) is 2.89. The molecule has 0 amide bonds. The van der Waals surface area contributed by atoms with Crippen molar-refractivity contribution in [3.63, 3.8) is 0 Å². The van der Waals surface area contributed by atoms with Crippen LogP contribution in [0, 0.1) is 0 Å². The van der Waals surface area contributed by atoms with Crippen molar-refractivity contribution in [3.8, 4) is 5.75 Å². The fourth-order valence-corrected chi connectivity index (χ4v) is 3.01. The zero-order chi connectivity index (χ0) is 15.2. The molecular weight excluding hydrogens is 308 g/mol. The molecule has 0 spiro atoms. The Kier molecular flexibility index (Phi) is 5.36. The van der Waals surface area contributed by atoms with Crippen molar-refractivity contribution < 1.29 is 9.94 Å². The summed E-state index contributed by atoms with van der Waals surface area (Å²) in [6, 6.07) is 13.2. The fraction of sp³-hybridized carbons (Fsp3) is 0.133. The molecule has 0 aliphatic carbocycles. The Morgan fingerprint density at radius 3 is 2.81 bits per heavy atom. The van der Waals surface area contributed by atoms with Gasteiger partial charge in [0.25, 0.3) is 0 Å². The standard InChI is InChI=1S/C15H15ClN2O2S/c1-20-12-3-2-4-13(8-12)21-9-11-6-5-10(7-14(11)16)15(17)18-19/h2-8,19H,9H2,1H3,(H2,17,18). The molecule has 0 aromatic heterocycles. The van der Waals surface area contributed by atoms with Crippen LogP contribution in [0.5, 0.6) is 5.75 Å². The SMILES string of the molecule is COc1cccc(SCc2ccc(/C(N)=N/O)cc2Cl)c1. The van der Waals surface area contributed by atoms with Crippen molar-refractivity contribution in [1.29, 1.82) is 0 Å². The quantitative estimate of drug-likeness (QED) is 0.289. The highest BCUT2D eigenvalue weighted by Gasteiger charge is 2.06. The Morgan fingerprint density at radius 1 is 1.33 bits per heavy atom. The van der Waals surface area contributed by atoms with Gasteiger partial charge in [0, 0.05) is 21.2 Å². The fourth-order valence-electron chi connectivity index (χ4n) is 1.73. The molecule has 110 valence electrons. The van der Waals surface area contributed by atoms with Crippen LogP contribution in [0.3, 0.4) is 0 Å². The number of ether oxygens (including phenoxy) is 1. The molecule has 2 aromatic carbocycles. The number of rotatable bonds is 5. The average Bonchev–Trinajstić information content (AvgIpc) is 2.53. The van der Waals surface area contributed by atoms with Gasteiger partial charge in [0.1, 0.15) is 5.75 Å². The molecule has 0 saturated carbocycles. The topological polar surface area (TPSA) is 67.8 Å². The second-order valence-corrected chi connectivity index (χ2v) is 5.72. The van der Waals surface area contributed by atoms with E-state index in [1.165, 1.54) is 0 Å². The molecule has 0 heterocycles. The molecule has 2 rings (SSSR count). The number of nitrogens with two attached hydrogens (primary N) is 1. The molecular formula is C15H15ClN2O2S. The Morgan fingerprint density at radius 2 is 2.14 bits per heavy atom. The number of amidine groups is 1. The molecule has 0 bridgehead atoms. The van der Waals surface area contributed by atoms with Gasteiger partial charge in [0.15, 0.2) is 5.84 Å². The summed E-state index contributed by atoms with van der Waals surface area (Å²) in [6.45, 7) is 0. The third kappa shape index (κ3) is 4.06. The van der Waals surface area contributed by atoms with Gasteiger partial charge < -0.3 is 15.7 Å². The van der Waals surface area contributed by atoms with Gasteiger partial charge in [-0.25, -0.2) is 0 Å². The second kappa shape index (κ2) is 7.24. The van der Waals surface area contributed by atoms with Crippen LogP contribution in [0.25, 0.3) is 0 Å². The first-order chi connectivity index (χ1) is 10.1. The van der Waals surface area contributed by atoms with E-state index in [-0.39, 0.29) is 5.84 Å². The highest BCUT2D eigenvalue weighted by Crippen LogP contribution is 2.29. The number of nitrogens with zero attached hydrogens (tertiary/aromatic N) is 1. The Labute approximate surface area is 132 Å². The number of oxime groups is 1. The maximum atomic E-state index is 8.65. The van der Waals surface area contributed by atoms with Gasteiger partial charge in [0.2, 0.25) is 0 Å². The van der Waals surface area contributed by atoms with Crippen LogP contribution >= 0.6 is 23.4 Å². The van der Waals surface area contributed by atoms with Crippen molar-refractivity contribution >= 4 is 29.2 Å². The smallest absolute Gasteiger partial charge is 0.170 e. The van der Waals surface area contributed by atoms with E-state index in [0.717, 1.165) is 22.0 Å². The largest absolute Gasteiger partial charge is 0.497 e. The number of halogens is 1. The van der Waals surface area contributed by atoms with Crippen LogP contribution < -0.4 is 10.5 Å². The monoisotopic (exact) mass is 322 g/mol. The molecule has 2 aromatic rings. The van der Waals surface area contributed by atoms with Gasteiger partial charge >= 0.3 is 0 Å². The van der Waals surface area contributed by atoms with Crippen LogP contribution in [0.2, 0.25) is 5.02 Å². The van der Waals surface area contributed by atoms with E-state index in [4.69, 9.17) is 27.3 Å². The van der Waals surface area contributed by atoms with Gasteiger partial charge in [-0.15, -0.1) is 11.8 Å². The predicted octanol–water partition coefficient (Wildman–Crippen LogP) is 3.74. The van der Waals surface area contributed by atoms with Crippen LogP contribution in [-0.2, 0) is 5.75 Å². The van der Waals surface area contributed by atoms with Crippen molar-refractivity contribution in [2.45, 2.75) is 10.6 Å². The highest BCUT2D eigenvalue weighted by atomic mass is 35.5. The lowest BCUT2D eigenvalue weighted by molar-refractivity contribution is 0.318. The van der Waals surface area contributed by atoms with E-state index < -0.39 is 0 Å². The Bertz CT molecular complexity index is 662. The van der Waals surface area contributed by atoms with Crippen molar-refractivity contribution in [2.75, 3.05) is 7.11 Å². The van der Waals surface area contributed by atoms with Gasteiger partial charge in [-0.1, -0.05) is 35.0 Å². The zero-order valence-electron chi connectivity index (χ0n) is 11.4. The number of methoxy groups -OCH3 is 1. The molecule has 0 radical (unpaired) electrons. The molecule has 0 unspecified atom stereocenters. The number of thioether (sulfide) groups is 1. The van der Waals surface area contributed by atoms with Crippen LogP contribution in [0.15, 0.2) is 52.5 Å². The minimum atomic E-state index is 0.0453. The van der Waals surface area contributed by atoms with Crippen LogP contribution in [0.1, 0.15) is 11.1 Å².